The van der Waals surface area contributed by atoms with Gasteiger partial charge in [-0.3, -0.25) is 0 Å². The number of aromatic nitrogens is 1. The third kappa shape index (κ3) is 4.49. The van der Waals surface area contributed by atoms with E-state index in [1.807, 2.05) is 6.92 Å². The minimum absolute atomic E-state index is 0.169. The Morgan fingerprint density at radius 2 is 1.90 bits per heavy atom. The van der Waals surface area contributed by atoms with Crippen LogP contribution in [0.5, 0.6) is 0 Å². The van der Waals surface area contributed by atoms with Crippen molar-refractivity contribution in [1.82, 2.24) is 4.98 Å². The molecule has 0 spiro atoms. The number of nitrogens with one attached hydrogen (secondary N) is 1. The fraction of sp³-hybridized carbons (Fsp3) is 0.643. The van der Waals surface area contributed by atoms with E-state index in [1.54, 1.807) is 25.8 Å². The molecular weight excluding hydrogens is 283 g/mol. The maximum Gasteiger partial charge on any atom is 0.416 e. The molecule has 1 aromatic heterocycles. The van der Waals surface area contributed by atoms with Gasteiger partial charge in [0.2, 0.25) is 0 Å². The first-order valence-electron chi connectivity index (χ1n) is 6.79. The maximum absolute atomic E-state index is 13.0. The number of alkyl halides is 3. The zero-order valence-electron chi connectivity index (χ0n) is 12.8. The van der Waals surface area contributed by atoms with E-state index < -0.39 is 17.3 Å². The molecule has 0 unspecified atom stereocenters. The molecule has 0 aliphatic rings. The lowest BCUT2D eigenvalue weighted by Gasteiger charge is -2.35. The van der Waals surface area contributed by atoms with Crippen LogP contribution in [0, 0.1) is 0 Å². The summed E-state index contributed by atoms with van der Waals surface area (Å²) in [6.45, 7) is 5.73. The summed E-state index contributed by atoms with van der Waals surface area (Å²) < 4.78 is 39.0. The van der Waals surface area contributed by atoms with E-state index in [0.29, 0.717) is 6.54 Å². The largest absolute Gasteiger partial charge is 0.416 e. The summed E-state index contributed by atoms with van der Waals surface area (Å²) in [4.78, 5) is 5.74. The van der Waals surface area contributed by atoms with Crippen LogP contribution in [-0.4, -0.2) is 35.8 Å². The van der Waals surface area contributed by atoms with Gasteiger partial charge in [-0.1, -0.05) is 6.92 Å². The first kappa shape index (κ1) is 17.6. The molecule has 7 heteroatoms. The second-order valence-electron chi connectivity index (χ2n) is 5.55. The van der Waals surface area contributed by atoms with Gasteiger partial charge < -0.3 is 15.3 Å². The van der Waals surface area contributed by atoms with Crippen LogP contribution in [0.25, 0.3) is 0 Å². The van der Waals surface area contributed by atoms with E-state index in [0.717, 1.165) is 18.6 Å². The second kappa shape index (κ2) is 6.51. The summed E-state index contributed by atoms with van der Waals surface area (Å²) >= 11 is 0. The Labute approximate surface area is 123 Å². The van der Waals surface area contributed by atoms with Crippen molar-refractivity contribution in [2.45, 2.75) is 38.9 Å². The van der Waals surface area contributed by atoms with Crippen molar-refractivity contribution in [3.8, 4) is 0 Å². The van der Waals surface area contributed by atoms with Crippen LogP contribution in [0.1, 0.15) is 32.8 Å². The fourth-order valence-electron chi connectivity index (χ4n) is 1.61. The SMILES string of the molecule is CCCNc1cc(C(F)(F)F)cc(N(C)C(C)(C)CO)n1. The molecule has 2 N–H and O–H groups in total. The molecule has 1 rings (SSSR count). The minimum Gasteiger partial charge on any atom is -0.394 e. The summed E-state index contributed by atoms with van der Waals surface area (Å²) in [5.74, 6) is 0.352. The molecule has 0 radical (unpaired) electrons. The molecule has 0 bridgehead atoms. The van der Waals surface area contributed by atoms with Crippen LogP contribution in [-0.2, 0) is 6.18 Å². The standard InChI is InChI=1S/C14H22F3N3O/c1-5-6-18-11-7-10(14(15,16)17)8-12(19-11)20(4)13(2,3)9-21/h7-8,21H,5-6,9H2,1-4H3,(H,18,19). The highest BCUT2D eigenvalue weighted by molar-refractivity contribution is 5.52. The number of pyridine rings is 1. The van der Waals surface area contributed by atoms with Gasteiger partial charge >= 0.3 is 6.18 Å². The number of anilines is 2. The van der Waals surface area contributed by atoms with Gasteiger partial charge in [0, 0.05) is 13.6 Å². The van der Waals surface area contributed by atoms with Gasteiger partial charge in [0.15, 0.2) is 0 Å². The molecule has 0 fully saturated rings. The van der Waals surface area contributed by atoms with E-state index in [9.17, 15) is 18.3 Å². The number of hydrogen-bond acceptors (Lipinski definition) is 4. The second-order valence-corrected chi connectivity index (χ2v) is 5.55. The number of likely N-dealkylation sites (N-methyl/N-ethyl adjacent to an activating group) is 1. The lowest BCUT2D eigenvalue weighted by molar-refractivity contribution is -0.137. The smallest absolute Gasteiger partial charge is 0.394 e. The van der Waals surface area contributed by atoms with Crippen molar-refractivity contribution in [1.29, 1.82) is 0 Å². The third-order valence-corrected chi connectivity index (χ3v) is 3.33. The van der Waals surface area contributed by atoms with Crippen molar-refractivity contribution < 1.29 is 18.3 Å². The molecule has 0 amide bonds. The summed E-state index contributed by atoms with van der Waals surface area (Å²) in [5.41, 5.74) is -1.47. The van der Waals surface area contributed by atoms with Crippen molar-refractivity contribution >= 4 is 11.6 Å². The Bertz CT molecular complexity index is 475. The van der Waals surface area contributed by atoms with Crippen LogP contribution < -0.4 is 10.2 Å². The van der Waals surface area contributed by atoms with Crippen LogP contribution in [0.4, 0.5) is 24.8 Å². The normalized spacial score (nSPS) is 12.4. The van der Waals surface area contributed by atoms with Gasteiger partial charge in [0.05, 0.1) is 17.7 Å². The van der Waals surface area contributed by atoms with Gasteiger partial charge in [-0.2, -0.15) is 13.2 Å². The molecule has 120 valence electrons. The number of halogens is 3. The first-order valence-corrected chi connectivity index (χ1v) is 6.79. The molecule has 0 aromatic carbocycles. The zero-order chi connectivity index (χ0) is 16.3. The summed E-state index contributed by atoms with van der Waals surface area (Å²) in [7, 11) is 1.61. The van der Waals surface area contributed by atoms with Gasteiger partial charge in [0.25, 0.3) is 0 Å². The number of aliphatic hydroxyl groups is 1. The highest BCUT2D eigenvalue weighted by Gasteiger charge is 2.33. The molecular formula is C14H22F3N3O. The fourth-order valence-corrected chi connectivity index (χ4v) is 1.61. The molecule has 1 aromatic rings. The highest BCUT2D eigenvalue weighted by atomic mass is 19.4. The zero-order valence-corrected chi connectivity index (χ0v) is 12.8. The molecule has 21 heavy (non-hydrogen) atoms. The summed E-state index contributed by atoms with van der Waals surface area (Å²) in [6, 6.07) is 1.99. The lowest BCUT2D eigenvalue weighted by atomic mass is 10.0. The molecule has 0 aliphatic carbocycles. The predicted octanol–water partition coefficient (Wildman–Crippen LogP) is 3.13. The first-order chi connectivity index (χ1) is 9.61. The van der Waals surface area contributed by atoms with E-state index >= 15 is 0 Å². The minimum atomic E-state index is -4.44. The highest BCUT2D eigenvalue weighted by Crippen LogP contribution is 2.33. The van der Waals surface area contributed by atoms with Crippen molar-refractivity contribution in [3.63, 3.8) is 0 Å². The molecule has 0 saturated carbocycles. The van der Waals surface area contributed by atoms with Crippen LogP contribution in [0.15, 0.2) is 12.1 Å². The summed E-state index contributed by atoms with van der Waals surface area (Å²) in [5, 5.41) is 12.2. The average molecular weight is 305 g/mol. The lowest BCUT2D eigenvalue weighted by Crippen LogP contribution is -2.45. The third-order valence-electron chi connectivity index (χ3n) is 3.33. The van der Waals surface area contributed by atoms with Crippen LogP contribution in [0.3, 0.4) is 0 Å². The van der Waals surface area contributed by atoms with Gasteiger partial charge in [-0.25, -0.2) is 4.98 Å². The number of rotatable bonds is 6. The summed E-state index contributed by atoms with van der Waals surface area (Å²) in [6.07, 6.45) is -3.66. The van der Waals surface area contributed by atoms with Crippen molar-refractivity contribution in [2.75, 3.05) is 30.4 Å². The van der Waals surface area contributed by atoms with Crippen LogP contribution in [0.2, 0.25) is 0 Å². The molecule has 4 nitrogen and oxygen atoms in total. The van der Waals surface area contributed by atoms with E-state index in [1.165, 1.54) is 0 Å². The molecule has 0 aliphatic heterocycles. The van der Waals surface area contributed by atoms with Gasteiger partial charge in [0.1, 0.15) is 11.6 Å². The maximum atomic E-state index is 13.0. The van der Waals surface area contributed by atoms with E-state index in [2.05, 4.69) is 10.3 Å². The molecule has 0 atom stereocenters. The van der Waals surface area contributed by atoms with Gasteiger partial charge in [-0.15, -0.1) is 0 Å². The monoisotopic (exact) mass is 305 g/mol. The van der Waals surface area contributed by atoms with Crippen molar-refractivity contribution in [3.05, 3.63) is 17.7 Å². The van der Waals surface area contributed by atoms with Gasteiger partial charge in [-0.05, 0) is 32.4 Å². The van der Waals surface area contributed by atoms with Crippen LogP contribution >= 0.6 is 0 Å². The topological polar surface area (TPSA) is 48.4 Å². The van der Waals surface area contributed by atoms with E-state index in [-0.39, 0.29) is 18.2 Å². The Balaban J connectivity index is 3.24. The Morgan fingerprint density at radius 1 is 1.29 bits per heavy atom. The Morgan fingerprint density at radius 3 is 2.38 bits per heavy atom. The predicted molar refractivity (Wildman–Crippen MR) is 77.6 cm³/mol. The number of aliphatic hydroxyl groups excluding tert-OH is 1. The average Bonchev–Trinajstić information content (AvgIpc) is 2.42. The number of hydrogen-bond donors (Lipinski definition) is 2. The molecule has 1 heterocycles. The van der Waals surface area contributed by atoms with E-state index in [4.69, 9.17) is 0 Å². The van der Waals surface area contributed by atoms with Crippen molar-refractivity contribution in [2.24, 2.45) is 0 Å². The molecule has 0 saturated heterocycles. The Kier molecular flexibility index (Phi) is 5.44. The quantitative estimate of drug-likeness (QED) is 0.848. The Hall–Kier alpha value is -1.50. The number of nitrogens with zero attached hydrogens (tertiary/aromatic N) is 2.